The molecule has 0 spiro atoms. The lowest BCUT2D eigenvalue weighted by Gasteiger charge is -2.14. The Morgan fingerprint density at radius 1 is 1.09 bits per heavy atom. The highest BCUT2D eigenvalue weighted by Gasteiger charge is 2.29. The van der Waals surface area contributed by atoms with Crippen LogP contribution in [0.3, 0.4) is 0 Å². The van der Waals surface area contributed by atoms with Gasteiger partial charge in [0.25, 0.3) is 0 Å². The lowest BCUT2D eigenvalue weighted by atomic mass is 10.1. The number of aromatic nitrogens is 2. The van der Waals surface area contributed by atoms with Gasteiger partial charge in [0.1, 0.15) is 11.2 Å². The quantitative estimate of drug-likeness (QED) is 0.352. The van der Waals surface area contributed by atoms with Gasteiger partial charge in [-0.2, -0.15) is 0 Å². The van der Waals surface area contributed by atoms with Crippen LogP contribution < -0.4 is 5.73 Å². The van der Waals surface area contributed by atoms with Gasteiger partial charge in [-0.15, -0.1) is 0 Å². The minimum atomic E-state index is -3.80. The van der Waals surface area contributed by atoms with Crippen LogP contribution in [-0.2, 0) is 25.3 Å². The SMILES string of the molecule is CC[P@@](=O)(CS(=O)(=O)c1ccc(CC(=O)c2nc(-c3ccc(C)cc3)cnc2N)cc1)OC. The molecule has 33 heavy (non-hydrogen) atoms. The summed E-state index contributed by atoms with van der Waals surface area (Å²) in [6, 6.07) is 13.5. The summed E-state index contributed by atoms with van der Waals surface area (Å²) < 4.78 is 42.6. The van der Waals surface area contributed by atoms with Crippen LogP contribution in [0.5, 0.6) is 0 Å². The van der Waals surface area contributed by atoms with Crippen LogP contribution in [0.1, 0.15) is 28.5 Å². The molecule has 0 aliphatic carbocycles. The first-order valence-electron chi connectivity index (χ1n) is 10.2. The molecule has 10 heteroatoms. The number of nitrogen functional groups attached to an aromatic ring is 1. The summed E-state index contributed by atoms with van der Waals surface area (Å²) in [5.41, 5.74) is 8.44. The minimum Gasteiger partial charge on any atom is -0.382 e. The molecule has 0 bridgehead atoms. The molecule has 0 amide bonds. The van der Waals surface area contributed by atoms with Crippen LogP contribution in [-0.4, -0.2) is 42.9 Å². The Morgan fingerprint density at radius 2 is 1.73 bits per heavy atom. The first-order valence-corrected chi connectivity index (χ1v) is 13.9. The second kappa shape index (κ2) is 9.95. The van der Waals surface area contributed by atoms with Crippen molar-refractivity contribution in [3.8, 4) is 11.3 Å². The highest BCUT2D eigenvalue weighted by atomic mass is 32.2. The highest BCUT2D eigenvalue weighted by Crippen LogP contribution is 2.47. The Morgan fingerprint density at radius 3 is 2.30 bits per heavy atom. The summed E-state index contributed by atoms with van der Waals surface area (Å²) in [4.78, 5) is 21.4. The Balaban J connectivity index is 1.79. The fraction of sp³-hybridized carbons (Fsp3) is 0.261. The molecule has 174 valence electrons. The van der Waals surface area contributed by atoms with Crippen molar-refractivity contribution in [3.05, 3.63) is 71.5 Å². The van der Waals surface area contributed by atoms with E-state index in [0.29, 0.717) is 11.3 Å². The Bertz CT molecular complexity index is 1300. The third-order valence-electron chi connectivity index (χ3n) is 5.24. The summed E-state index contributed by atoms with van der Waals surface area (Å²) in [5.74, 6) is -0.302. The third kappa shape index (κ3) is 5.93. The van der Waals surface area contributed by atoms with Crippen LogP contribution in [0.4, 0.5) is 5.82 Å². The number of hydrogen-bond acceptors (Lipinski definition) is 8. The number of hydrogen-bond donors (Lipinski definition) is 1. The summed E-state index contributed by atoms with van der Waals surface area (Å²) in [5, 5.41) is 0. The van der Waals surface area contributed by atoms with Gasteiger partial charge in [0, 0.05) is 25.3 Å². The van der Waals surface area contributed by atoms with Gasteiger partial charge in [-0.05, 0) is 24.6 Å². The summed E-state index contributed by atoms with van der Waals surface area (Å²) >= 11 is 0. The van der Waals surface area contributed by atoms with E-state index in [-0.39, 0.29) is 34.8 Å². The van der Waals surface area contributed by atoms with E-state index in [1.165, 1.54) is 25.4 Å². The molecule has 0 aliphatic heterocycles. The average Bonchev–Trinajstić information content (AvgIpc) is 2.80. The van der Waals surface area contributed by atoms with E-state index >= 15 is 0 Å². The molecule has 3 rings (SSSR count). The van der Waals surface area contributed by atoms with Crippen LogP contribution in [0.2, 0.25) is 0 Å². The van der Waals surface area contributed by atoms with Gasteiger partial charge in [0.15, 0.2) is 21.4 Å². The number of ketones is 1. The second-order valence-electron chi connectivity index (χ2n) is 7.66. The van der Waals surface area contributed by atoms with Gasteiger partial charge in [-0.3, -0.25) is 9.36 Å². The first kappa shape index (κ1) is 24.8. The third-order valence-corrected chi connectivity index (χ3v) is 10.8. The number of nitrogens with zero attached hydrogens (tertiary/aromatic N) is 2. The van der Waals surface area contributed by atoms with Crippen LogP contribution in [0, 0.1) is 6.92 Å². The van der Waals surface area contributed by atoms with Gasteiger partial charge < -0.3 is 10.3 Å². The summed E-state index contributed by atoms with van der Waals surface area (Å²) in [7, 11) is -5.81. The van der Waals surface area contributed by atoms with Crippen molar-refractivity contribution >= 4 is 28.8 Å². The summed E-state index contributed by atoms with van der Waals surface area (Å²) in [6.45, 7) is 3.60. The fourth-order valence-electron chi connectivity index (χ4n) is 3.16. The normalized spacial score (nSPS) is 13.4. The maximum absolute atomic E-state index is 12.9. The number of carbonyl (C=O) groups excluding carboxylic acids is 1. The topological polar surface area (TPSA) is 129 Å². The fourth-order valence-corrected chi connectivity index (χ4v) is 7.79. The number of aryl methyl sites for hydroxylation is 1. The number of rotatable bonds is 9. The van der Waals surface area contributed by atoms with Crippen molar-refractivity contribution in [3.63, 3.8) is 0 Å². The smallest absolute Gasteiger partial charge is 0.217 e. The molecule has 2 N–H and O–H groups in total. The largest absolute Gasteiger partial charge is 0.382 e. The zero-order valence-electron chi connectivity index (χ0n) is 18.7. The molecule has 2 aromatic carbocycles. The number of Topliss-reactive ketones (excluding diaryl/α,β-unsaturated/α-hetero) is 1. The standard InChI is InChI=1S/C23H26N3O5PS/c1-4-32(28,31-3)15-33(29,30)19-11-7-17(8-12-19)13-21(27)22-23(24)25-14-20(26-22)18-9-5-16(2)6-10-18/h5-12,14H,4,13,15H2,1-3H3,(H2,24,25)/t32-/m0/s1. The highest BCUT2D eigenvalue weighted by molar-refractivity contribution is 7.98. The molecule has 0 radical (unpaired) electrons. The van der Waals surface area contributed by atoms with Gasteiger partial charge in [0.2, 0.25) is 7.37 Å². The Labute approximate surface area is 193 Å². The minimum absolute atomic E-state index is 0.0186. The molecule has 0 saturated heterocycles. The predicted molar refractivity (Wildman–Crippen MR) is 128 cm³/mol. The maximum Gasteiger partial charge on any atom is 0.217 e. The zero-order chi connectivity index (χ0) is 24.2. The molecule has 0 aliphatic rings. The molecule has 1 heterocycles. The zero-order valence-corrected chi connectivity index (χ0v) is 20.4. The van der Waals surface area contributed by atoms with Crippen molar-refractivity contribution in [2.45, 2.75) is 25.2 Å². The van der Waals surface area contributed by atoms with E-state index < -0.39 is 22.7 Å². The lowest BCUT2D eigenvalue weighted by Crippen LogP contribution is -2.12. The number of anilines is 1. The molecule has 0 unspecified atom stereocenters. The molecular weight excluding hydrogens is 461 g/mol. The van der Waals surface area contributed by atoms with E-state index in [2.05, 4.69) is 9.97 Å². The number of carbonyl (C=O) groups is 1. The van der Waals surface area contributed by atoms with Gasteiger partial charge in [-0.25, -0.2) is 18.4 Å². The monoisotopic (exact) mass is 487 g/mol. The van der Waals surface area contributed by atoms with E-state index in [1.54, 1.807) is 19.1 Å². The Kier molecular flexibility index (Phi) is 7.47. The van der Waals surface area contributed by atoms with Gasteiger partial charge in [0.05, 0.1) is 16.8 Å². The van der Waals surface area contributed by atoms with Crippen molar-refractivity contribution in [2.24, 2.45) is 0 Å². The first-order chi connectivity index (χ1) is 15.6. The van der Waals surface area contributed by atoms with Crippen LogP contribution >= 0.6 is 7.37 Å². The second-order valence-corrected chi connectivity index (χ2v) is 13.0. The molecule has 8 nitrogen and oxygen atoms in total. The van der Waals surface area contributed by atoms with Crippen molar-refractivity contribution in [1.82, 2.24) is 9.97 Å². The molecule has 3 aromatic rings. The average molecular weight is 488 g/mol. The van der Waals surface area contributed by atoms with E-state index in [9.17, 15) is 17.8 Å². The van der Waals surface area contributed by atoms with Crippen LogP contribution in [0.25, 0.3) is 11.3 Å². The number of nitrogens with two attached hydrogens (primary N) is 1. The van der Waals surface area contributed by atoms with E-state index in [1.807, 2.05) is 31.2 Å². The van der Waals surface area contributed by atoms with Gasteiger partial charge >= 0.3 is 0 Å². The molecule has 1 atom stereocenters. The molecule has 1 aromatic heterocycles. The Hall–Kier alpha value is -2.87. The van der Waals surface area contributed by atoms with Crippen LogP contribution in [0.15, 0.2) is 59.6 Å². The predicted octanol–water partition coefficient (Wildman–Crippen LogP) is 4.14. The number of sulfone groups is 1. The van der Waals surface area contributed by atoms with E-state index in [4.69, 9.17) is 10.3 Å². The summed E-state index contributed by atoms with van der Waals surface area (Å²) in [6.07, 6.45) is 1.62. The molecule has 0 saturated carbocycles. The molecular formula is C23H26N3O5PS. The lowest BCUT2D eigenvalue weighted by molar-refractivity contribution is 0.0989. The molecule has 0 fully saturated rings. The van der Waals surface area contributed by atoms with Gasteiger partial charge in [-0.1, -0.05) is 48.9 Å². The maximum atomic E-state index is 12.9. The van der Waals surface area contributed by atoms with Crippen molar-refractivity contribution in [1.29, 1.82) is 0 Å². The number of benzene rings is 2. The van der Waals surface area contributed by atoms with Crippen molar-refractivity contribution in [2.75, 3.05) is 24.5 Å². The van der Waals surface area contributed by atoms with Crippen molar-refractivity contribution < 1.29 is 22.3 Å². The van der Waals surface area contributed by atoms with E-state index in [0.717, 1.165) is 11.1 Å².